The lowest BCUT2D eigenvalue weighted by atomic mass is 10.0. The first-order valence-electron chi connectivity index (χ1n) is 10.2. The number of nitrogens with zero attached hydrogens (tertiary/aromatic N) is 3. The SMILES string of the molecule is ClCCn1c2ccccc2c2cc(-c3nnc(-c4cccc5ccccc45)o3)ccc21. The Bertz CT molecular complexity index is 1560. The summed E-state index contributed by atoms with van der Waals surface area (Å²) >= 11 is 6.07. The lowest BCUT2D eigenvalue weighted by Gasteiger charge is -2.04. The molecule has 6 rings (SSSR count). The molecule has 150 valence electrons. The van der Waals surface area contributed by atoms with Crippen molar-refractivity contribution in [3.05, 3.63) is 84.9 Å². The van der Waals surface area contributed by atoms with E-state index >= 15 is 0 Å². The molecule has 6 aromatic rings. The summed E-state index contributed by atoms with van der Waals surface area (Å²) in [6.07, 6.45) is 0. The number of benzene rings is 4. The van der Waals surface area contributed by atoms with Crippen LogP contribution in [0.2, 0.25) is 0 Å². The molecule has 0 N–H and O–H groups in total. The van der Waals surface area contributed by atoms with Crippen LogP contribution < -0.4 is 0 Å². The average molecular weight is 424 g/mol. The first-order valence-corrected chi connectivity index (χ1v) is 10.8. The molecule has 0 saturated carbocycles. The Morgan fingerprint density at radius 3 is 2.35 bits per heavy atom. The van der Waals surface area contributed by atoms with Crippen LogP contribution in [0.5, 0.6) is 0 Å². The smallest absolute Gasteiger partial charge is 0.248 e. The summed E-state index contributed by atoms with van der Waals surface area (Å²) in [5.74, 6) is 1.60. The van der Waals surface area contributed by atoms with Crippen molar-refractivity contribution in [2.24, 2.45) is 0 Å². The van der Waals surface area contributed by atoms with Gasteiger partial charge in [-0.15, -0.1) is 21.8 Å². The average Bonchev–Trinajstić information content (AvgIpc) is 3.43. The second-order valence-electron chi connectivity index (χ2n) is 7.53. The molecule has 0 saturated heterocycles. The van der Waals surface area contributed by atoms with Gasteiger partial charge in [0.1, 0.15) is 0 Å². The maximum absolute atomic E-state index is 6.13. The molecular weight excluding hydrogens is 406 g/mol. The molecule has 0 fully saturated rings. The standard InChI is InChI=1S/C26H18ClN3O/c27-14-15-30-23-11-4-3-9-20(23)22-16-18(12-13-24(22)30)25-28-29-26(31-25)21-10-5-7-17-6-1-2-8-19(17)21/h1-13,16H,14-15H2. The molecule has 4 nitrogen and oxygen atoms in total. The highest BCUT2D eigenvalue weighted by Gasteiger charge is 2.16. The molecule has 0 atom stereocenters. The Morgan fingerprint density at radius 2 is 1.45 bits per heavy atom. The van der Waals surface area contributed by atoms with Gasteiger partial charge in [-0.3, -0.25) is 0 Å². The molecule has 31 heavy (non-hydrogen) atoms. The van der Waals surface area contributed by atoms with Gasteiger partial charge in [0.25, 0.3) is 0 Å². The van der Waals surface area contributed by atoms with Crippen LogP contribution in [0.25, 0.3) is 55.5 Å². The van der Waals surface area contributed by atoms with E-state index in [2.05, 4.69) is 69.4 Å². The molecule has 2 heterocycles. The highest BCUT2D eigenvalue weighted by atomic mass is 35.5. The Hall–Kier alpha value is -3.63. The topological polar surface area (TPSA) is 43.9 Å². The van der Waals surface area contributed by atoms with Gasteiger partial charge in [0.15, 0.2) is 0 Å². The number of hydrogen-bond donors (Lipinski definition) is 0. The minimum Gasteiger partial charge on any atom is -0.416 e. The zero-order valence-electron chi connectivity index (χ0n) is 16.6. The lowest BCUT2D eigenvalue weighted by Crippen LogP contribution is -1.98. The number of aryl methyl sites for hydroxylation is 1. The highest BCUT2D eigenvalue weighted by molar-refractivity contribution is 6.18. The number of aromatic nitrogens is 3. The van der Waals surface area contributed by atoms with Crippen molar-refractivity contribution < 1.29 is 4.42 Å². The van der Waals surface area contributed by atoms with E-state index < -0.39 is 0 Å². The Balaban J connectivity index is 1.49. The van der Waals surface area contributed by atoms with Crippen LogP contribution in [0.15, 0.2) is 89.3 Å². The summed E-state index contributed by atoms with van der Waals surface area (Å²) < 4.78 is 8.39. The fourth-order valence-electron chi connectivity index (χ4n) is 4.37. The summed E-state index contributed by atoms with van der Waals surface area (Å²) in [6.45, 7) is 0.761. The number of hydrogen-bond acceptors (Lipinski definition) is 3. The second kappa shape index (κ2) is 7.25. The van der Waals surface area contributed by atoms with Crippen molar-refractivity contribution in [3.63, 3.8) is 0 Å². The molecule has 0 aliphatic heterocycles. The maximum Gasteiger partial charge on any atom is 0.248 e. The van der Waals surface area contributed by atoms with E-state index in [0.29, 0.717) is 17.7 Å². The third-order valence-electron chi connectivity index (χ3n) is 5.77. The molecule has 0 aliphatic carbocycles. The Labute approximate surface area is 183 Å². The molecule has 5 heteroatoms. The second-order valence-corrected chi connectivity index (χ2v) is 7.91. The first-order chi connectivity index (χ1) is 15.3. The maximum atomic E-state index is 6.13. The summed E-state index contributed by atoms with van der Waals surface area (Å²) in [6, 6.07) is 29.0. The van der Waals surface area contributed by atoms with Crippen molar-refractivity contribution in [1.82, 2.24) is 14.8 Å². The van der Waals surface area contributed by atoms with E-state index in [4.69, 9.17) is 16.0 Å². The monoisotopic (exact) mass is 423 g/mol. The van der Waals surface area contributed by atoms with E-state index in [1.165, 1.54) is 10.9 Å². The van der Waals surface area contributed by atoms with E-state index in [9.17, 15) is 0 Å². The predicted molar refractivity (Wildman–Crippen MR) is 126 cm³/mol. The molecule has 0 amide bonds. The Kier molecular flexibility index (Phi) is 4.25. The van der Waals surface area contributed by atoms with Crippen LogP contribution in [-0.2, 0) is 6.54 Å². The van der Waals surface area contributed by atoms with E-state index in [0.717, 1.165) is 39.3 Å². The van der Waals surface area contributed by atoms with Crippen LogP contribution >= 0.6 is 11.6 Å². The fourth-order valence-corrected chi connectivity index (χ4v) is 4.54. The quantitative estimate of drug-likeness (QED) is 0.289. The molecule has 0 bridgehead atoms. The number of halogens is 1. The van der Waals surface area contributed by atoms with Gasteiger partial charge >= 0.3 is 0 Å². The zero-order chi connectivity index (χ0) is 20.8. The van der Waals surface area contributed by atoms with Crippen LogP contribution in [0, 0.1) is 0 Å². The van der Waals surface area contributed by atoms with Gasteiger partial charge in [0.2, 0.25) is 11.8 Å². The largest absolute Gasteiger partial charge is 0.416 e. The van der Waals surface area contributed by atoms with Gasteiger partial charge in [-0.05, 0) is 41.1 Å². The third-order valence-corrected chi connectivity index (χ3v) is 5.94. The first kappa shape index (κ1) is 18.2. The number of rotatable bonds is 4. The van der Waals surface area contributed by atoms with Crippen LogP contribution in [-0.4, -0.2) is 20.6 Å². The van der Waals surface area contributed by atoms with Gasteiger partial charge in [0.05, 0.1) is 0 Å². The van der Waals surface area contributed by atoms with Crippen molar-refractivity contribution >= 4 is 44.2 Å². The third kappa shape index (κ3) is 2.91. The van der Waals surface area contributed by atoms with Crippen LogP contribution in [0.1, 0.15) is 0 Å². The number of fused-ring (bicyclic) bond motifs is 4. The molecule has 0 unspecified atom stereocenters. The van der Waals surface area contributed by atoms with Gasteiger partial charge < -0.3 is 8.98 Å². The van der Waals surface area contributed by atoms with E-state index in [1.807, 2.05) is 30.3 Å². The number of alkyl halides is 1. The van der Waals surface area contributed by atoms with Gasteiger partial charge in [-0.1, -0.05) is 54.6 Å². The lowest BCUT2D eigenvalue weighted by molar-refractivity contribution is 0.585. The van der Waals surface area contributed by atoms with Gasteiger partial charge in [0, 0.05) is 45.4 Å². The summed E-state index contributed by atoms with van der Waals surface area (Å²) in [4.78, 5) is 0. The van der Waals surface area contributed by atoms with Crippen molar-refractivity contribution in [2.75, 3.05) is 5.88 Å². The molecule has 4 aromatic carbocycles. The van der Waals surface area contributed by atoms with E-state index in [-0.39, 0.29) is 0 Å². The predicted octanol–water partition coefficient (Wildman–Crippen LogP) is 6.90. The van der Waals surface area contributed by atoms with Crippen molar-refractivity contribution in [2.45, 2.75) is 6.54 Å². The van der Waals surface area contributed by atoms with Crippen molar-refractivity contribution in [3.8, 4) is 22.9 Å². The molecule has 2 aromatic heterocycles. The fraction of sp³-hybridized carbons (Fsp3) is 0.0769. The molecule has 0 aliphatic rings. The zero-order valence-corrected chi connectivity index (χ0v) is 17.4. The summed E-state index contributed by atoms with van der Waals surface area (Å²) in [5.41, 5.74) is 4.17. The van der Waals surface area contributed by atoms with Gasteiger partial charge in [-0.25, -0.2) is 0 Å². The van der Waals surface area contributed by atoms with E-state index in [1.54, 1.807) is 0 Å². The van der Waals surface area contributed by atoms with Crippen LogP contribution in [0.3, 0.4) is 0 Å². The summed E-state index contributed by atoms with van der Waals surface area (Å²) in [5, 5.41) is 13.3. The highest BCUT2D eigenvalue weighted by Crippen LogP contribution is 2.34. The minimum absolute atomic E-state index is 0.513. The normalized spacial score (nSPS) is 11.6. The Morgan fingerprint density at radius 1 is 0.710 bits per heavy atom. The number of para-hydroxylation sites is 1. The molecule has 0 radical (unpaired) electrons. The van der Waals surface area contributed by atoms with Crippen molar-refractivity contribution in [1.29, 1.82) is 0 Å². The molecule has 0 spiro atoms. The minimum atomic E-state index is 0.513. The van der Waals surface area contributed by atoms with Crippen LogP contribution in [0.4, 0.5) is 0 Å². The summed E-state index contributed by atoms with van der Waals surface area (Å²) in [7, 11) is 0. The molecular formula is C26H18ClN3O. The van der Waals surface area contributed by atoms with Gasteiger partial charge in [-0.2, -0.15) is 0 Å².